The van der Waals surface area contributed by atoms with E-state index in [1.165, 1.54) is 12.5 Å². The van der Waals surface area contributed by atoms with E-state index in [1.807, 2.05) is 0 Å². The van der Waals surface area contributed by atoms with Crippen LogP contribution in [0.4, 0.5) is 0 Å². The first-order chi connectivity index (χ1) is 6.95. The zero-order chi connectivity index (χ0) is 9.64. The fourth-order valence-electron chi connectivity index (χ4n) is 0.811. The van der Waals surface area contributed by atoms with Crippen molar-refractivity contribution in [1.82, 2.24) is 11.0 Å². The van der Waals surface area contributed by atoms with Crippen LogP contribution in [0.3, 0.4) is 0 Å². The van der Waals surface area contributed by atoms with E-state index in [1.54, 1.807) is 24.3 Å². The Balaban J connectivity index is 1.98. The van der Waals surface area contributed by atoms with Crippen molar-refractivity contribution >= 4 is 0 Å². The highest BCUT2D eigenvalue weighted by molar-refractivity contribution is 5.12. The van der Waals surface area contributed by atoms with Crippen LogP contribution < -0.4 is 11.0 Å². The molecule has 0 fully saturated rings. The standard InChI is InChI=1S/C8H8N4O2/c1-3-7(11-13-5-1)9-10-8-4-2-6-14-12-8/h1-6,11-12H. The fraction of sp³-hybridized carbons (Fsp3) is 0. The molecule has 2 aliphatic rings. The van der Waals surface area contributed by atoms with Crippen LogP contribution in [0.25, 0.3) is 0 Å². The largest absolute Gasteiger partial charge is 0.388 e. The molecule has 0 saturated heterocycles. The number of hydrogen-bond donors (Lipinski definition) is 2. The van der Waals surface area contributed by atoms with Crippen molar-refractivity contribution in [2.45, 2.75) is 0 Å². The Morgan fingerprint density at radius 2 is 1.36 bits per heavy atom. The summed E-state index contributed by atoms with van der Waals surface area (Å²) in [6.45, 7) is 0. The van der Waals surface area contributed by atoms with E-state index < -0.39 is 0 Å². The third-order valence-corrected chi connectivity index (χ3v) is 1.39. The molecule has 0 aromatic rings. The average molecular weight is 192 g/mol. The van der Waals surface area contributed by atoms with Crippen LogP contribution in [-0.2, 0) is 9.68 Å². The van der Waals surface area contributed by atoms with E-state index in [0.29, 0.717) is 11.6 Å². The summed E-state index contributed by atoms with van der Waals surface area (Å²) < 4.78 is 0. The van der Waals surface area contributed by atoms with Crippen molar-refractivity contribution in [3.63, 3.8) is 0 Å². The van der Waals surface area contributed by atoms with Crippen LogP contribution in [0, 0.1) is 0 Å². The zero-order valence-corrected chi connectivity index (χ0v) is 7.18. The van der Waals surface area contributed by atoms with E-state index >= 15 is 0 Å². The fourth-order valence-corrected chi connectivity index (χ4v) is 0.811. The minimum absolute atomic E-state index is 0.518. The topological polar surface area (TPSA) is 67.2 Å². The van der Waals surface area contributed by atoms with Gasteiger partial charge in [-0.1, -0.05) is 0 Å². The number of rotatable bonds is 2. The van der Waals surface area contributed by atoms with Gasteiger partial charge < -0.3 is 9.68 Å². The molecular formula is C8H8N4O2. The SMILES string of the molecule is C1=CONC(N=NC2=CC=CON2)=C1. The van der Waals surface area contributed by atoms with E-state index in [0.717, 1.165) is 0 Å². The predicted molar refractivity (Wildman–Crippen MR) is 47.7 cm³/mol. The van der Waals surface area contributed by atoms with Gasteiger partial charge in [-0.05, 0) is 24.3 Å². The van der Waals surface area contributed by atoms with Gasteiger partial charge in [-0.15, -0.1) is 10.2 Å². The Morgan fingerprint density at radius 3 is 1.71 bits per heavy atom. The Labute approximate surface area is 80.2 Å². The third-order valence-electron chi connectivity index (χ3n) is 1.39. The Hall–Kier alpha value is -2.24. The second-order valence-corrected chi connectivity index (χ2v) is 2.40. The number of allylic oxidation sites excluding steroid dienone is 4. The van der Waals surface area contributed by atoms with Gasteiger partial charge in [-0.2, -0.15) is 0 Å². The van der Waals surface area contributed by atoms with Crippen molar-refractivity contribution in [3.05, 3.63) is 48.5 Å². The Kier molecular flexibility index (Phi) is 2.46. The lowest BCUT2D eigenvalue weighted by molar-refractivity contribution is 0.152. The summed E-state index contributed by atoms with van der Waals surface area (Å²) in [6.07, 6.45) is 9.89. The van der Waals surface area contributed by atoms with E-state index in [4.69, 9.17) is 9.68 Å². The molecule has 2 rings (SSSR count). The molecule has 0 bridgehead atoms. The maximum absolute atomic E-state index is 4.78. The number of azo groups is 1. The van der Waals surface area contributed by atoms with Gasteiger partial charge in [0.25, 0.3) is 0 Å². The zero-order valence-electron chi connectivity index (χ0n) is 7.18. The molecule has 0 aromatic heterocycles. The molecule has 0 saturated carbocycles. The van der Waals surface area contributed by atoms with Crippen LogP contribution in [0.2, 0.25) is 0 Å². The first-order valence-corrected chi connectivity index (χ1v) is 3.94. The third kappa shape index (κ3) is 2.13. The average Bonchev–Trinajstić information content (AvgIpc) is 2.29. The summed E-state index contributed by atoms with van der Waals surface area (Å²) in [5.74, 6) is 1.04. The van der Waals surface area contributed by atoms with Gasteiger partial charge >= 0.3 is 0 Å². The molecule has 6 heteroatoms. The lowest BCUT2D eigenvalue weighted by Gasteiger charge is -2.08. The molecule has 0 amide bonds. The smallest absolute Gasteiger partial charge is 0.182 e. The highest BCUT2D eigenvalue weighted by Crippen LogP contribution is 2.04. The van der Waals surface area contributed by atoms with Crippen LogP contribution in [0.5, 0.6) is 0 Å². The molecule has 72 valence electrons. The van der Waals surface area contributed by atoms with E-state index in [-0.39, 0.29) is 0 Å². The first kappa shape index (κ1) is 8.36. The molecule has 2 heterocycles. The van der Waals surface area contributed by atoms with Crippen LogP contribution in [0.1, 0.15) is 0 Å². The second kappa shape index (κ2) is 4.13. The van der Waals surface area contributed by atoms with Crippen molar-refractivity contribution in [2.24, 2.45) is 10.2 Å². The maximum atomic E-state index is 4.78. The lowest BCUT2D eigenvalue weighted by atomic mass is 10.5. The molecular weight excluding hydrogens is 184 g/mol. The molecule has 0 aromatic carbocycles. The number of nitrogens with one attached hydrogen (secondary N) is 2. The monoisotopic (exact) mass is 192 g/mol. The van der Waals surface area contributed by atoms with Crippen LogP contribution in [-0.4, -0.2) is 0 Å². The van der Waals surface area contributed by atoms with Gasteiger partial charge in [-0.3, -0.25) is 0 Å². The van der Waals surface area contributed by atoms with Gasteiger partial charge in [0.1, 0.15) is 12.5 Å². The first-order valence-electron chi connectivity index (χ1n) is 3.94. The molecule has 6 nitrogen and oxygen atoms in total. The molecule has 0 unspecified atom stereocenters. The molecule has 0 aliphatic carbocycles. The summed E-state index contributed by atoms with van der Waals surface area (Å²) in [5, 5.41) is 7.72. The normalized spacial score (nSPS) is 18.9. The molecule has 0 spiro atoms. The van der Waals surface area contributed by atoms with Crippen molar-refractivity contribution < 1.29 is 9.68 Å². The van der Waals surface area contributed by atoms with Crippen molar-refractivity contribution in [1.29, 1.82) is 0 Å². The molecule has 0 atom stereocenters. The molecule has 0 radical (unpaired) electrons. The number of nitrogens with zero attached hydrogens (tertiary/aromatic N) is 2. The van der Waals surface area contributed by atoms with E-state index in [2.05, 4.69) is 21.2 Å². The summed E-state index contributed by atoms with van der Waals surface area (Å²) in [5.41, 5.74) is 5.12. The minimum Gasteiger partial charge on any atom is -0.388 e. The molecule has 14 heavy (non-hydrogen) atoms. The van der Waals surface area contributed by atoms with Crippen LogP contribution >= 0.6 is 0 Å². The van der Waals surface area contributed by atoms with Crippen LogP contribution in [0.15, 0.2) is 58.7 Å². The minimum atomic E-state index is 0.518. The quantitative estimate of drug-likeness (QED) is 0.645. The molecule has 2 N–H and O–H groups in total. The lowest BCUT2D eigenvalue weighted by Crippen LogP contribution is -2.13. The highest BCUT2D eigenvalue weighted by atomic mass is 16.6. The summed E-state index contributed by atoms with van der Waals surface area (Å²) in [4.78, 5) is 9.57. The summed E-state index contributed by atoms with van der Waals surface area (Å²) >= 11 is 0. The Bertz CT molecular complexity index is 320. The number of hydrogen-bond acceptors (Lipinski definition) is 6. The Morgan fingerprint density at radius 1 is 0.857 bits per heavy atom. The van der Waals surface area contributed by atoms with Gasteiger partial charge in [0.2, 0.25) is 0 Å². The number of hydroxylamine groups is 2. The molecule has 2 aliphatic heterocycles. The summed E-state index contributed by atoms with van der Waals surface area (Å²) in [7, 11) is 0. The summed E-state index contributed by atoms with van der Waals surface area (Å²) in [6, 6.07) is 0. The van der Waals surface area contributed by atoms with Crippen molar-refractivity contribution in [2.75, 3.05) is 0 Å². The second-order valence-electron chi connectivity index (χ2n) is 2.40. The maximum Gasteiger partial charge on any atom is 0.182 e. The van der Waals surface area contributed by atoms with Gasteiger partial charge in [0.05, 0.1) is 0 Å². The van der Waals surface area contributed by atoms with E-state index in [9.17, 15) is 0 Å². The van der Waals surface area contributed by atoms with Crippen molar-refractivity contribution in [3.8, 4) is 0 Å². The highest BCUT2D eigenvalue weighted by Gasteiger charge is 1.98. The van der Waals surface area contributed by atoms with Gasteiger partial charge in [-0.25, -0.2) is 11.0 Å². The predicted octanol–water partition coefficient (Wildman–Crippen LogP) is 1.22. The van der Waals surface area contributed by atoms with Gasteiger partial charge in [0, 0.05) is 0 Å². The van der Waals surface area contributed by atoms with Gasteiger partial charge in [0.15, 0.2) is 11.6 Å².